The van der Waals surface area contributed by atoms with Crippen LogP contribution < -0.4 is 10.1 Å². The maximum atomic E-state index is 13.8. The highest BCUT2D eigenvalue weighted by Gasteiger charge is 2.28. The number of ether oxygens (including phenoxy) is 1. The van der Waals surface area contributed by atoms with Crippen molar-refractivity contribution < 1.29 is 23.1 Å². The zero-order chi connectivity index (χ0) is 20.1. The third-order valence-corrected chi connectivity index (χ3v) is 4.89. The molecule has 5 nitrogen and oxygen atoms in total. The van der Waals surface area contributed by atoms with Gasteiger partial charge in [0.25, 0.3) is 0 Å². The highest BCUT2D eigenvalue weighted by Crippen LogP contribution is 2.24. The monoisotopic (exact) mass is 388 g/mol. The Morgan fingerprint density at radius 2 is 1.79 bits per heavy atom. The van der Waals surface area contributed by atoms with Gasteiger partial charge in [0, 0.05) is 11.6 Å². The van der Waals surface area contributed by atoms with Crippen molar-refractivity contribution in [3.63, 3.8) is 0 Å². The number of carbonyl (C=O) groups is 2. The molecule has 2 aromatic carbocycles. The van der Waals surface area contributed by atoms with Crippen molar-refractivity contribution in [1.29, 1.82) is 0 Å². The van der Waals surface area contributed by atoms with Crippen molar-refractivity contribution in [3.8, 4) is 5.75 Å². The van der Waals surface area contributed by atoms with Crippen LogP contribution in [0.1, 0.15) is 23.2 Å². The average molecular weight is 388 g/mol. The number of hydrogen-bond donors (Lipinski definition) is 1. The van der Waals surface area contributed by atoms with E-state index in [-0.39, 0.29) is 29.7 Å². The highest BCUT2D eigenvalue weighted by molar-refractivity contribution is 5.98. The van der Waals surface area contributed by atoms with E-state index in [1.54, 1.807) is 31.4 Å². The second-order valence-electron chi connectivity index (χ2n) is 6.82. The van der Waals surface area contributed by atoms with Crippen molar-refractivity contribution in [2.75, 3.05) is 32.1 Å². The van der Waals surface area contributed by atoms with Gasteiger partial charge in [-0.1, -0.05) is 0 Å². The Hall–Kier alpha value is -2.80. The zero-order valence-corrected chi connectivity index (χ0v) is 15.6. The van der Waals surface area contributed by atoms with Gasteiger partial charge in [0.05, 0.1) is 19.2 Å². The van der Waals surface area contributed by atoms with Crippen molar-refractivity contribution in [2.45, 2.75) is 12.8 Å². The normalized spacial score (nSPS) is 15.2. The van der Waals surface area contributed by atoms with Crippen molar-refractivity contribution >= 4 is 17.4 Å². The minimum atomic E-state index is -0.701. The van der Waals surface area contributed by atoms with Crippen LogP contribution in [-0.4, -0.2) is 43.3 Å². The molecular formula is C21H22F2N2O3. The SMILES string of the molecule is COc1ccc(NC(=O)CN2CCC(C(=O)c3cc(F)ccc3F)CC2)cc1. The minimum Gasteiger partial charge on any atom is -0.497 e. The molecule has 7 heteroatoms. The molecule has 1 N–H and O–H groups in total. The molecule has 0 aliphatic carbocycles. The molecule has 0 atom stereocenters. The number of rotatable bonds is 6. The first kappa shape index (κ1) is 19.9. The molecule has 148 valence electrons. The summed E-state index contributed by atoms with van der Waals surface area (Å²) in [6.45, 7) is 1.30. The Morgan fingerprint density at radius 1 is 1.11 bits per heavy atom. The second-order valence-corrected chi connectivity index (χ2v) is 6.82. The molecule has 0 radical (unpaired) electrons. The van der Waals surface area contributed by atoms with Crippen LogP contribution in [0.2, 0.25) is 0 Å². The standard InChI is InChI=1S/C21H22F2N2O3/c1-28-17-5-3-16(4-6-17)24-20(26)13-25-10-8-14(9-11-25)21(27)18-12-15(22)2-7-19(18)23/h2-7,12,14H,8-11,13H2,1H3,(H,24,26). The first-order valence-corrected chi connectivity index (χ1v) is 9.12. The maximum Gasteiger partial charge on any atom is 0.238 e. The summed E-state index contributed by atoms with van der Waals surface area (Å²) in [6, 6.07) is 9.96. The van der Waals surface area contributed by atoms with E-state index in [2.05, 4.69) is 5.32 Å². The van der Waals surface area contributed by atoms with Crippen LogP contribution in [0.4, 0.5) is 14.5 Å². The lowest BCUT2D eigenvalue weighted by Crippen LogP contribution is -2.40. The molecule has 0 spiro atoms. The van der Waals surface area contributed by atoms with Gasteiger partial charge in [0.15, 0.2) is 5.78 Å². The number of likely N-dealkylation sites (tertiary alicyclic amines) is 1. The topological polar surface area (TPSA) is 58.6 Å². The smallest absolute Gasteiger partial charge is 0.238 e. The molecule has 0 saturated carbocycles. The zero-order valence-electron chi connectivity index (χ0n) is 15.6. The number of nitrogens with one attached hydrogen (secondary N) is 1. The third-order valence-electron chi connectivity index (χ3n) is 4.89. The van der Waals surface area contributed by atoms with Crippen LogP contribution in [0.3, 0.4) is 0 Å². The Bertz CT molecular complexity index is 847. The first-order chi connectivity index (χ1) is 13.5. The first-order valence-electron chi connectivity index (χ1n) is 9.12. The fourth-order valence-electron chi connectivity index (χ4n) is 3.34. The van der Waals surface area contributed by atoms with Gasteiger partial charge in [-0.05, 0) is 68.4 Å². The van der Waals surface area contributed by atoms with Crippen LogP contribution in [0, 0.1) is 17.6 Å². The number of carbonyl (C=O) groups excluding carboxylic acids is 2. The summed E-state index contributed by atoms with van der Waals surface area (Å²) in [5, 5.41) is 2.82. The van der Waals surface area contributed by atoms with Crippen molar-refractivity contribution in [3.05, 3.63) is 59.7 Å². The summed E-state index contributed by atoms with van der Waals surface area (Å²) in [5.74, 6) is -1.51. The molecule has 0 bridgehead atoms. The molecule has 3 rings (SSSR count). The van der Waals surface area contributed by atoms with E-state index in [1.807, 2.05) is 4.90 Å². The number of ketones is 1. The van der Waals surface area contributed by atoms with E-state index < -0.39 is 11.6 Å². The molecular weight excluding hydrogens is 366 g/mol. The van der Waals surface area contributed by atoms with Gasteiger partial charge in [-0.25, -0.2) is 8.78 Å². The Morgan fingerprint density at radius 3 is 2.43 bits per heavy atom. The Balaban J connectivity index is 1.50. The van der Waals surface area contributed by atoms with E-state index in [9.17, 15) is 18.4 Å². The number of benzene rings is 2. The number of nitrogens with zero attached hydrogens (tertiary/aromatic N) is 1. The molecule has 2 aromatic rings. The minimum absolute atomic E-state index is 0.147. The number of piperidine rings is 1. The van der Waals surface area contributed by atoms with E-state index >= 15 is 0 Å². The molecule has 0 unspecified atom stereocenters. The van der Waals surface area contributed by atoms with Crippen molar-refractivity contribution in [2.24, 2.45) is 5.92 Å². The van der Waals surface area contributed by atoms with E-state index in [4.69, 9.17) is 4.74 Å². The maximum absolute atomic E-state index is 13.8. The van der Waals surface area contributed by atoms with Crippen LogP contribution in [0.25, 0.3) is 0 Å². The van der Waals surface area contributed by atoms with Crippen LogP contribution in [0.15, 0.2) is 42.5 Å². The van der Waals surface area contributed by atoms with Gasteiger partial charge >= 0.3 is 0 Å². The average Bonchev–Trinajstić information content (AvgIpc) is 2.70. The summed E-state index contributed by atoms with van der Waals surface area (Å²) < 4.78 is 32.2. The molecule has 1 aliphatic heterocycles. The lowest BCUT2D eigenvalue weighted by molar-refractivity contribution is -0.117. The van der Waals surface area contributed by atoms with Gasteiger partial charge in [-0.15, -0.1) is 0 Å². The van der Waals surface area contributed by atoms with Crippen LogP contribution in [0.5, 0.6) is 5.75 Å². The molecule has 0 aromatic heterocycles. The van der Waals surface area contributed by atoms with E-state index in [0.29, 0.717) is 37.4 Å². The largest absolute Gasteiger partial charge is 0.497 e. The fourth-order valence-corrected chi connectivity index (χ4v) is 3.34. The molecule has 1 heterocycles. The van der Waals surface area contributed by atoms with Gasteiger partial charge in [0.1, 0.15) is 17.4 Å². The second kappa shape index (κ2) is 8.93. The summed E-state index contributed by atoms with van der Waals surface area (Å²) in [5.41, 5.74) is 0.480. The number of Topliss-reactive ketones (excluding diaryl/α,β-unsaturated/α-hetero) is 1. The quantitative estimate of drug-likeness (QED) is 0.770. The Kier molecular flexibility index (Phi) is 6.36. The van der Waals surface area contributed by atoms with Gasteiger partial charge in [-0.3, -0.25) is 14.5 Å². The fraction of sp³-hybridized carbons (Fsp3) is 0.333. The Labute approximate surface area is 162 Å². The van der Waals surface area contributed by atoms with E-state index in [0.717, 1.165) is 18.2 Å². The summed E-state index contributed by atoms with van der Waals surface area (Å²) >= 11 is 0. The van der Waals surface area contributed by atoms with Crippen molar-refractivity contribution in [1.82, 2.24) is 4.90 Å². The van der Waals surface area contributed by atoms with Gasteiger partial charge in [-0.2, -0.15) is 0 Å². The predicted octanol–water partition coefficient (Wildman–Crippen LogP) is 3.51. The predicted molar refractivity (Wildman–Crippen MR) is 101 cm³/mol. The number of hydrogen-bond acceptors (Lipinski definition) is 4. The van der Waals surface area contributed by atoms with Crippen LogP contribution >= 0.6 is 0 Å². The number of amides is 1. The number of methoxy groups -OCH3 is 1. The summed E-state index contributed by atoms with van der Waals surface area (Å²) in [4.78, 5) is 26.6. The van der Waals surface area contributed by atoms with E-state index in [1.165, 1.54) is 0 Å². The summed E-state index contributed by atoms with van der Waals surface area (Å²) in [6.07, 6.45) is 1.01. The lowest BCUT2D eigenvalue weighted by atomic mass is 9.88. The lowest BCUT2D eigenvalue weighted by Gasteiger charge is -2.30. The number of anilines is 1. The molecule has 1 saturated heterocycles. The third kappa shape index (κ3) is 4.92. The van der Waals surface area contributed by atoms with Crippen LogP contribution in [-0.2, 0) is 4.79 Å². The van der Waals surface area contributed by atoms with Gasteiger partial charge in [0.2, 0.25) is 5.91 Å². The molecule has 1 aliphatic rings. The molecule has 1 amide bonds. The summed E-state index contributed by atoms with van der Waals surface area (Å²) in [7, 11) is 1.57. The van der Waals surface area contributed by atoms with Gasteiger partial charge < -0.3 is 10.1 Å². The highest BCUT2D eigenvalue weighted by atomic mass is 19.1. The number of halogens is 2. The molecule has 28 heavy (non-hydrogen) atoms. The molecule has 1 fully saturated rings.